The van der Waals surface area contributed by atoms with Crippen molar-refractivity contribution < 1.29 is 9.47 Å². The number of ether oxygens (including phenoxy) is 2. The van der Waals surface area contributed by atoms with Gasteiger partial charge in [-0.1, -0.05) is 35.2 Å². The van der Waals surface area contributed by atoms with E-state index in [0.717, 1.165) is 50.5 Å². The van der Waals surface area contributed by atoms with Gasteiger partial charge in [0.1, 0.15) is 5.82 Å². The molecule has 0 spiro atoms. The maximum Gasteiger partial charge on any atom is 0.282 e. The Labute approximate surface area is 224 Å². The highest BCUT2D eigenvalue weighted by Crippen LogP contribution is 2.42. The van der Waals surface area contributed by atoms with Crippen molar-refractivity contribution >= 4 is 64.9 Å². The summed E-state index contributed by atoms with van der Waals surface area (Å²) in [7, 11) is 0. The van der Waals surface area contributed by atoms with Crippen molar-refractivity contribution in [2.45, 2.75) is 51.9 Å². The van der Waals surface area contributed by atoms with E-state index < -0.39 is 0 Å². The number of benzene rings is 2. The van der Waals surface area contributed by atoms with E-state index in [9.17, 15) is 4.79 Å². The molecule has 9 heteroatoms. The lowest BCUT2D eigenvalue weighted by atomic mass is 9.88. The Morgan fingerprint density at radius 3 is 2.50 bits per heavy atom. The largest absolute Gasteiger partial charge is 0.490 e. The molecule has 0 saturated heterocycles. The third-order valence-electron chi connectivity index (χ3n) is 5.86. The van der Waals surface area contributed by atoms with Crippen molar-refractivity contribution in [1.82, 2.24) is 9.66 Å². The molecule has 1 aromatic heterocycles. The van der Waals surface area contributed by atoms with Crippen LogP contribution in [0.3, 0.4) is 0 Å². The van der Waals surface area contributed by atoms with Gasteiger partial charge in [0.15, 0.2) is 11.5 Å². The molecule has 1 heterocycles. The molecule has 0 amide bonds. The normalized spacial score (nSPS) is 14.7. The lowest BCUT2D eigenvalue weighted by Gasteiger charge is -2.23. The maximum absolute atomic E-state index is 13.5. The Morgan fingerprint density at radius 2 is 1.79 bits per heavy atom. The van der Waals surface area contributed by atoms with Gasteiger partial charge in [-0.15, -0.1) is 0 Å². The number of hydrogen-bond acceptors (Lipinski definition) is 5. The van der Waals surface area contributed by atoms with Crippen LogP contribution < -0.4 is 15.0 Å². The molecule has 1 fully saturated rings. The van der Waals surface area contributed by atoms with Crippen molar-refractivity contribution in [3.63, 3.8) is 0 Å². The summed E-state index contributed by atoms with van der Waals surface area (Å²) >= 11 is 10.7. The minimum Gasteiger partial charge on any atom is -0.490 e. The summed E-state index contributed by atoms with van der Waals surface area (Å²) in [6, 6.07) is 7.47. The first kappa shape index (κ1) is 25.4. The van der Waals surface area contributed by atoms with Crippen molar-refractivity contribution in [3.05, 3.63) is 59.4 Å². The highest BCUT2D eigenvalue weighted by Gasteiger charge is 2.23. The summed E-state index contributed by atoms with van der Waals surface area (Å²) in [4.78, 5) is 18.4. The predicted octanol–water partition coefficient (Wildman–Crippen LogP) is 7.41. The van der Waals surface area contributed by atoms with Crippen LogP contribution in [0, 0.1) is 0 Å². The zero-order valence-electron chi connectivity index (χ0n) is 19.1. The monoisotopic (exact) mass is 653 g/mol. The van der Waals surface area contributed by atoms with E-state index in [0.29, 0.717) is 35.6 Å². The average Bonchev–Trinajstić information content (AvgIpc) is 2.84. The van der Waals surface area contributed by atoms with Gasteiger partial charge < -0.3 is 9.47 Å². The fourth-order valence-corrected chi connectivity index (χ4v) is 5.56. The maximum atomic E-state index is 13.5. The summed E-state index contributed by atoms with van der Waals surface area (Å²) in [5.74, 6) is 2.18. The second-order valence-corrected chi connectivity index (χ2v) is 10.6. The highest BCUT2D eigenvalue weighted by molar-refractivity contribution is 9.13. The van der Waals surface area contributed by atoms with E-state index in [1.165, 1.54) is 11.1 Å². The molecule has 0 unspecified atom stereocenters. The van der Waals surface area contributed by atoms with Crippen LogP contribution in [0.2, 0.25) is 0 Å². The molecule has 0 radical (unpaired) electrons. The average molecular weight is 656 g/mol. The Kier molecular flexibility index (Phi) is 8.47. The minimum atomic E-state index is -0.172. The van der Waals surface area contributed by atoms with Gasteiger partial charge in [-0.3, -0.25) is 4.79 Å². The molecule has 0 aliphatic heterocycles. The minimum absolute atomic E-state index is 0.172. The fraction of sp³-hybridized carbons (Fsp3) is 0.400. The van der Waals surface area contributed by atoms with Gasteiger partial charge in [-0.2, -0.15) is 9.78 Å². The van der Waals surface area contributed by atoms with Gasteiger partial charge in [0, 0.05) is 20.4 Å². The van der Waals surface area contributed by atoms with E-state index in [-0.39, 0.29) is 11.5 Å². The summed E-state index contributed by atoms with van der Waals surface area (Å²) in [5, 5.41) is 5.20. The molecule has 34 heavy (non-hydrogen) atoms. The summed E-state index contributed by atoms with van der Waals surface area (Å²) in [6.45, 7) is 4.86. The van der Waals surface area contributed by atoms with Crippen molar-refractivity contribution in [1.29, 1.82) is 0 Å². The van der Waals surface area contributed by atoms with Crippen LogP contribution in [0.1, 0.15) is 63.3 Å². The smallest absolute Gasteiger partial charge is 0.282 e. The van der Waals surface area contributed by atoms with Crippen molar-refractivity contribution in [2.24, 2.45) is 5.10 Å². The molecular weight excluding hydrogens is 630 g/mol. The number of nitrogens with zero attached hydrogens (tertiary/aromatic N) is 3. The van der Waals surface area contributed by atoms with Gasteiger partial charge in [-0.05, 0) is 82.8 Å². The first-order valence-electron chi connectivity index (χ1n) is 11.5. The molecule has 3 aromatic rings. The highest BCUT2D eigenvalue weighted by atomic mass is 79.9. The lowest BCUT2D eigenvalue weighted by molar-refractivity contribution is 0.286. The zero-order chi connectivity index (χ0) is 24.2. The van der Waals surface area contributed by atoms with Crippen LogP contribution in [0.5, 0.6) is 11.5 Å². The number of halogens is 3. The Bertz CT molecular complexity index is 1280. The molecule has 180 valence electrons. The van der Waals surface area contributed by atoms with Crippen LogP contribution in [-0.2, 0) is 0 Å². The molecule has 1 saturated carbocycles. The Morgan fingerprint density at radius 1 is 1.06 bits per heavy atom. The molecule has 6 nitrogen and oxygen atoms in total. The van der Waals surface area contributed by atoms with E-state index in [1.54, 1.807) is 12.3 Å². The second kappa shape index (κ2) is 11.4. The van der Waals surface area contributed by atoms with Gasteiger partial charge in [-0.25, -0.2) is 4.98 Å². The van der Waals surface area contributed by atoms with E-state index in [4.69, 9.17) is 14.5 Å². The van der Waals surface area contributed by atoms with Gasteiger partial charge in [0.05, 0.1) is 34.8 Å². The number of hydrogen-bond donors (Lipinski definition) is 0. The number of rotatable bonds is 7. The molecule has 4 rings (SSSR count). The lowest BCUT2D eigenvalue weighted by Crippen LogP contribution is -2.25. The van der Waals surface area contributed by atoms with Gasteiger partial charge in [0.2, 0.25) is 0 Å². The Balaban J connectivity index is 1.86. The topological polar surface area (TPSA) is 65.7 Å². The summed E-state index contributed by atoms with van der Waals surface area (Å²) < 4.78 is 15.4. The molecular formula is C25H26Br3N3O3. The molecule has 0 bridgehead atoms. The molecule has 1 aliphatic rings. The van der Waals surface area contributed by atoms with Gasteiger partial charge in [0.25, 0.3) is 5.56 Å². The predicted molar refractivity (Wildman–Crippen MR) is 147 cm³/mol. The first-order valence-corrected chi connectivity index (χ1v) is 13.9. The summed E-state index contributed by atoms with van der Waals surface area (Å²) in [5.41, 5.74) is 1.28. The van der Waals surface area contributed by atoms with Crippen LogP contribution in [0.25, 0.3) is 10.9 Å². The zero-order valence-corrected chi connectivity index (χ0v) is 23.9. The second-order valence-electron chi connectivity index (χ2n) is 8.11. The van der Waals surface area contributed by atoms with Crippen molar-refractivity contribution in [2.75, 3.05) is 13.2 Å². The van der Waals surface area contributed by atoms with E-state index in [2.05, 4.69) is 52.9 Å². The van der Waals surface area contributed by atoms with Crippen LogP contribution in [0.4, 0.5) is 0 Å². The molecule has 1 aliphatic carbocycles. The standard InChI is InChI=1S/C25H26Br3N3O3/c1-3-33-20-12-16(21(27)22(28)23(20)34-4-2)14-29-31-24(15-8-6-5-7-9-15)30-19-11-10-17(26)13-18(19)25(31)32/h10-15H,3-9H2,1-2H3. The molecule has 0 N–H and O–H groups in total. The quantitative estimate of drug-likeness (QED) is 0.249. The van der Waals surface area contributed by atoms with Gasteiger partial charge >= 0.3 is 0 Å². The fourth-order valence-electron chi connectivity index (χ4n) is 4.26. The number of fused-ring (bicyclic) bond motifs is 1. The van der Waals surface area contributed by atoms with Crippen LogP contribution in [0.15, 0.2) is 47.6 Å². The number of aromatic nitrogens is 2. The summed E-state index contributed by atoms with van der Waals surface area (Å²) in [6.07, 6.45) is 7.19. The Hall–Kier alpha value is -1.71. The SMILES string of the molecule is CCOc1cc(C=Nn2c(C3CCCCC3)nc3ccc(Br)cc3c2=O)c(Br)c(Br)c1OCC. The van der Waals surface area contributed by atoms with Crippen molar-refractivity contribution in [3.8, 4) is 11.5 Å². The van der Waals surface area contributed by atoms with Crippen LogP contribution >= 0.6 is 47.8 Å². The van der Waals surface area contributed by atoms with E-state index >= 15 is 0 Å². The third-order valence-corrected chi connectivity index (χ3v) is 8.50. The van der Waals surface area contributed by atoms with E-state index in [1.807, 2.05) is 32.0 Å². The molecule has 2 aromatic carbocycles. The third kappa shape index (κ3) is 5.26. The first-order chi connectivity index (χ1) is 16.4. The van der Waals surface area contributed by atoms with Crippen LogP contribution in [-0.4, -0.2) is 29.1 Å². The molecule has 0 atom stereocenters.